The van der Waals surface area contributed by atoms with Crippen LogP contribution in [0.15, 0.2) is 42.5 Å². The van der Waals surface area contributed by atoms with Crippen LogP contribution in [0.2, 0.25) is 0 Å². The van der Waals surface area contributed by atoms with Crippen LogP contribution in [-0.2, 0) is 12.8 Å². The summed E-state index contributed by atoms with van der Waals surface area (Å²) in [6.07, 6.45) is 3.46. The Bertz CT molecular complexity index is 668. The van der Waals surface area contributed by atoms with Crippen molar-refractivity contribution in [2.45, 2.75) is 30.7 Å². The maximum Gasteiger partial charge on any atom is 0.161 e. The maximum atomic E-state index is 6.65. The lowest BCUT2D eigenvalue weighted by atomic mass is 10.0. The van der Waals surface area contributed by atoms with E-state index in [1.54, 1.807) is 0 Å². The van der Waals surface area contributed by atoms with Crippen molar-refractivity contribution < 1.29 is 9.47 Å². The standard InChI is InChI=1S/C18H17ClO2/c19-18(14-9-8-12-4-3-5-13(12)10-14)17-11-20-15-6-1-2-7-16(15)21-17/h1-2,6-10,17-18H,3-5,11H2. The SMILES string of the molecule is ClC(c1ccc2c(c1)CCC2)C1COc2ccccc2O1. The van der Waals surface area contributed by atoms with Crippen LogP contribution in [0.1, 0.15) is 28.5 Å². The number of aryl methyl sites for hydroxylation is 2. The van der Waals surface area contributed by atoms with Crippen LogP contribution in [0.3, 0.4) is 0 Å². The van der Waals surface area contributed by atoms with Gasteiger partial charge in [-0.15, -0.1) is 11.6 Å². The van der Waals surface area contributed by atoms with E-state index >= 15 is 0 Å². The van der Waals surface area contributed by atoms with Gasteiger partial charge in [-0.1, -0.05) is 30.3 Å². The third-order valence-electron chi connectivity index (χ3n) is 4.30. The molecule has 2 nitrogen and oxygen atoms in total. The molecule has 2 aromatic rings. The Morgan fingerprint density at radius 3 is 2.71 bits per heavy atom. The Hall–Kier alpha value is -1.67. The van der Waals surface area contributed by atoms with E-state index in [0.29, 0.717) is 6.61 Å². The fraction of sp³-hybridized carbons (Fsp3) is 0.333. The summed E-state index contributed by atoms with van der Waals surface area (Å²) in [5.74, 6) is 1.58. The van der Waals surface area contributed by atoms with Crippen LogP contribution >= 0.6 is 11.6 Å². The zero-order valence-electron chi connectivity index (χ0n) is 11.7. The first-order chi connectivity index (χ1) is 10.3. The molecule has 2 unspecified atom stereocenters. The molecular weight excluding hydrogens is 284 g/mol. The summed E-state index contributed by atoms with van der Waals surface area (Å²) >= 11 is 6.65. The fourth-order valence-corrected chi connectivity index (χ4v) is 3.42. The second-order valence-corrected chi connectivity index (χ2v) is 6.17. The molecule has 0 amide bonds. The second kappa shape index (κ2) is 5.27. The maximum absolute atomic E-state index is 6.65. The van der Waals surface area contributed by atoms with E-state index in [2.05, 4.69) is 18.2 Å². The quantitative estimate of drug-likeness (QED) is 0.770. The van der Waals surface area contributed by atoms with Crippen molar-refractivity contribution in [3.05, 3.63) is 59.2 Å². The van der Waals surface area contributed by atoms with Gasteiger partial charge >= 0.3 is 0 Å². The smallest absolute Gasteiger partial charge is 0.161 e. The molecule has 0 saturated carbocycles. The van der Waals surface area contributed by atoms with Gasteiger partial charge in [-0.3, -0.25) is 0 Å². The summed E-state index contributed by atoms with van der Waals surface area (Å²) in [4.78, 5) is 0. The van der Waals surface area contributed by atoms with Gasteiger partial charge in [-0.05, 0) is 48.1 Å². The van der Waals surface area contributed by atoms with Crippen molar-refractivity contribution in [2.24, 2.45) is 0 Å². The van der Waals surface area contributed by atoms with Crippen LogP contribution in [0.4, 0.5) is 0 Å². The van der Waals surface area contributed by atoms with Gasteiger partial charge in [0.25, 0.3) is 0 Å². The Balaban J connectivity index is 1.57. The first-order valence-electron chi connectivity index (χ1n) is 7.45. The zero-order valence-corrected chi connectivity index (χ0v) is 12.5. The minimum Gasteiger partial charge on any atom is -0.486 e. The lowest BCUT2D eigenvalue weighted by molar-refractivity contribution is 0.0877. The summed E-state index contributed by atoms with van der Waals surface area (Å²) in [5, 5.41) is -0.191. The van der Waals surface area contributed by atoms with Crippen LogP contribution in [0.25, 0.3) is 0 Å². The highest BCUT2D eigenvalue weighted by Gasteiger charge is 2.29. The largest absolute Gasteiger partial charge is 0.486 e. The Kier molecular flexibility index (Phi) is 3.27. The van der Waals surface area contributed by atoms with Crippen LogP contribution in [0, 0.1) is 0 Å². The van der Waals surface area contributed by atoms with Crippen molar-refractivity contribution in [3.63, 3.8) is 0 Å². The highest BCUT2D eigenvalue weighted by atomic mass is 35.5. The fourth-order valence-electron chi connectivity index (χ4n) is 3.16. The van der Waals surface area contributed by atoms with Gasteiger partial charge in [-0.2, -0.15) is 0 Å². The molecule has 0 aromatic heterocycles. The molecule has 1 heterocycles. The third-order valence-corrected chi connectivity index (χ3v) is 4.83. The van der Waals surface area contributed by atoms with E-state index in [0.717, 1.165) is 23.5 Å². The molecule has 2 aliphatic rings. The minimum atomic E-state index is -0.191. The van der Waals surface area contributed by atoms with Gasteiger partial charge in [-0.25, -0.2) is 0 Å². The number of hydrogen-bond donors (Lipinski definition) is 0. The van der Waals surface area contributed by atoms with Crippen molar-refractivity contribution >= 4 is 11.6 Å². The normalized spacial score (nSPS) is 20.9. The van der Waals surface area contributed by atoms with Gasteiger partial charge in [0.2, 0.25) is 0 Å². The van der Waals surface area contributed by atoms with Gasteiger partial charge in [0.15, 0.2) is 17.6 Å². The number of benzene rings is 2. The first kappa shape index (κ1) is 13.0. The molecule has 0 fully saturated rings. The van der Waals surface area contributed by atoms with Crippen LogP contribution in [0.5, 0.6) is 11.5 Å². The number of rotatable bonds is 2. The van der Waals surface area contributed by atoms with E-state index in [-0.39, 0.29) is 11.5 Å². The first-order valence-corrected chi connectivity index (χ1v) is 7.89. The van der Waals surface area contributed by atoms with Gasteiger partial charge in [0.1, 0.15) is 6.61 Å². The number of ether oxygens (including phenoxy) is 2. The van der Waals surface area contributed by atoms with E-state index in [1.807, 2.05) is 24.3 Å². The molecule has 3 heteroatoms. The second-order valence-electron chi connectivity index (χ2n) is 5.70. The van der Waals surface area contributed by atoms with E-state index in [9.17, 15) is 0 Å². The highest BCUT2D eigenvalue weighted by molar-refractivity contribution is 6.21. The number of halogens is 1. The molecule has 21 heavy (non-hydrogen) atoms. The van der Waals surface area contributed by atoms with E-state index in [4.69, 9.17) is 21.1 Å². The molecule has 0 radical (unpaired) electrons. The average Bonchev–Trinajstić information content (AvgIpc) is 3.01. The van der Waals surface area contributed by atoms with Gasteiger partial charge < -0.3 is 9.47 Å². The minimum absolute atomic E-state index is 0.152. The highest BCUT2D eigenvalue weighted by Crippen LogP contribution is 2.37. The summed E-state index contributed by atoms with van der Waals surface area (Å²) in [5.41, 5.74) is 4.04. The molecule has 0 N–H and O–H groups in total. The summed E-state index contributed by atoms with van der Waals surface area (Å²) < 4.78 is 11.8. The lowest BCUT2D eigenvalue weighted by Gasteiger charge is -2.29. The van der Waals surface area contributed by atoms with Gasteiger partial charge in [0, 0.05) is 0 Å². The summed E-state index contributed by atoms with van der Waals surface area (Å²) in [7, 11) is 0. The van der Waals surface area contributed by atoms with Crippen molar-refractivity contribution in [1.29, 1.82) is 0 Å². The van der Waals surface area contributed by atoms with Crippen LogP contribution < -0.4 is 9.47 Å². The third kappa shape index (κ3) is 2.38. The van der Waals surface area contributed by atoms with Crippen LogP contribution in [-0.4, -0.2) is 12.7 Å². The molecular formula is C18H17ClO2. The molecule has 0 saturated heterocycles. The topological polar surface area (TPSA) is 18.5 Å². The molecule has 0 spiro atoms. The Morgan fingerprint density at radius 1 is 1.00 bits per heavy atom. The van der Waals surface area contributed by atoms with Gasteiger partial charge in [0.05, 0.1) is 5.38 Å². The molecule has 2 atom stereocenters. The monoisotopic (exact) mass is 300 g/mol. The number of para-hydroxylation sites is 2. The van der Waals surface area contributed by atoms with Crippen molar-refractivity contribution in [1.82, 2.24) is 0 Å². The van der Waals surface area contributed by atoms with Crippen molar-refractivity contribution in [2.75, 3.05) is 6.61 Å². The molecule has 0 bridgehead atoms. The number of hydrogen-bond acceptors (Lipinski definition) is 2. The Labute approximate surface area is 129 Å². The van der Waals surface area contributed by atoms with E-state index in [1.165, 1.54) is 24.0 Å². The molecule has 108 valence electrons. The number of fused-ring (bicyclic) bond motifs is 2. The predicted octanol–water partition coefficient (Wildman–Crippen LogP) is 4.30. The molecule has 1 aliphatic carbocycles. The average molecular weight is 301 g/mol. The van der Waals surface area contributed by atoms with Crippen molar-refractivity contribution in [3.8, 4) is 11.5 Å². The number of alkyl halides is 1. The lowest BCUT2D eigenvalue weighted by Crippen LogP contribution is -2.32. The predicted molar refractivity (Wildman–Crippen MR) is 83.4 cm³/mol. The summed E-state index contributed by atoms with van der Waals surface area (Å²) in [6, 6.07) is 14.3. The summed E-state index contributed by atoms with van der Waals surface area (Å²) in [6.45, 7) is 0.488. The molecule has 4 rings (SSSR count). The zero-order chi connectivity index (χ0) is 14.2. The molecule has 2 aromatic carbocycles. The van der Waals surface area contributed by atoms with E-state index < -0.39 is 0 Å². The molecule has 1 aliphatic heterocycles. The Morgan fingerprint density at radius 2 is 1.81 bits per heavy atom.